The summed E-state index contributed by atoms with van der Waals surface area (Å²) < 4.78 is 36.7. The van der Waals surface area contributed by atoms with Crippen molar-refractivity contribution in [2.75, 3.05) is 31.6 Å². The van der Waals surface area contributed by atoms with Crippen molar-refractivity contribution in [1.29, 1.82) is 5.26 Å². The summed E-state index contributed by atoms with van der Waals surface area (Å²) in [6.07, 6.45) is 2.54. The van der Waals surface area contributed by atoms with Crippen molar-refractivity contribution in [1.82, 2.24) is 19.9 Å². The fourth-order valence-electron chi connectivity index (χ4n) is 5.57. The van der Waals surface area contributed by atoms with Gasteiger partial charge in [0.2, 0.25) is 0 Å². The number of hydrogen-bond donors (Lipinski definition) is 0. The lowest BCUT2D eigenvalue weighted by atomic mass is 9.96. The molecule has 0 aliphatic carbocycles. The molecular formula is C33H25ClF2N6O2. The van der Waals surface area contributed by atoms with E-state index >= 15 is 4.39 Å². The Bertz CT molecular complexity index is 1960. The molecular weight excluding hydrogens is 586 g/mol. The average Bonchev–Trinajstić information content (AvgIpc) is 3.05. The summed E-state index contributed by atoms with van der Waals surface area (Å²) in [5.41, 5.74) is 1.29. The Balaban J connectivity index is 1.37. The van der Waals surface area contributed by atoms with Gasteiger partial charge in [-0.05, 0) is 35.2 Å². The van der Waals surface area contributed by atoms with Crippen molar-refractivity contribution in [2.45, 2.75) is 12.5 Å². The summed E-state index contributed by atoms with van der Waals surface area (Å²) in [4.78, 5) is 29.2. The Morgan fingerprint density at radius 1 is 1.09 bits per heavy atom. The van der Waals surface area contributed by atoms with Gasteiger partial charge in [-0.3, -0.25) is 9.78 Å². The number of anilines is 1. The number of carbonyl (C=O) groups is 1. The van der Waals surface area contributed by atoms with E-state index in [1.165, 1.54) is 18.2 Å². The van der Waals surface area contributed by atoms with Crippen LogP contribution in [0.1, 0.15) is 12.1 Å². The zero-order valence-electron chi connectivity index (χ0n) is 23.5. The second-order valence-electron chi connectivity index (χ2n) is 10.2. The molecule has 0 bridgehead atoms. The van der Waals surface area contributed by atoms with Gasteiger partial charge in [0, 0.05) is 53.3 Å². The van der Waals surface area contributed by atoms with Crippen molar-refractivity contribution in [3.63, 3.8) is 0 Å². The highest BCUT2D eigenvalue weighted by Gasteiger charge is 2.34. The number of aromatic nitrogens is 3. The van der Waals surface area contributed by atoms with E-state index in [4.69, 9.17) is 16.3 Å². The fraction of sp³-hybridized carbons (Fsp3) is 0.182. The third-order valence-corrected chi connectivity index (χ3v) is 7.94. The van der Waals surface area contributed by atoms with Gasteiger partial charge < -0.3 is 14.5 Å². The maximum Gasteiger partial charge on any atom is 0.318 e. The van der Waals surface area contributed by atoms with Crippen LogP contribution in [0.4, 0.5) is 14.6 Å². The van der Waals surface area contributed by atoms with Crippen LogP contribution in [0.15, 0.2) is 78.8 Å². The van der Waals surface area contributed by atoms with E-state index in [-0.39, 0.29) is 37.6 Å². The summed E-state index contributed by atoms with van der Waals surface area (Å²) in [6.45, 7) is 0.521. The van der Waals surface area contributed by atoms with Crippen LogP contribution in [0.5, 0.6) is 6.01 Å². The van der Waals surface area contributed by atoms with E-state index in [2.05, 4.69) is 21.0 Å². The molecule has 220 valence electrons. The lowest BCUT2D eigenvalue weighted by Crippen LogP contribution is -2.55. The smallest absolute Gasteiger partial charge is 0.318 e. The summed E-state index contributed by atoms with van der Waals surface area (Å²) in [5.74, 6) is -1.99. The number of hydrogen-bond acceptors (Lipinski definition) is 7. The minimum Gasteiger partial charge on any atom is -0.467 e. The lowest BCUT2D eigenvalue weighted by Gasteiger charge is -2.41. The molecule has 1 amide bonds. The van der Waals surface area contributed by atoms with Gasteiger partial charge in [-0.2, -0.15) is 15.2 Å². The molecule has 1 aliphatic rings. The summed E-state index contributed by atoms with van der Waals surface area (Å²) in [5, 5.41) is 12.1. The number of carbonyl (C=O) groups excluding carboxylic acids is 1. The van der Waals surface area contributed by atoms with Gasteiger partial charge in [-0.15, -0.1) is 0 Å². The largest absolute Gasteiger partial charge is 0.467 e. The van der Waals surface area contributed by atoms with E-state index in [1.807, 2.05) is 35.2 Å². The van der Waals surface area contributed by atoms with E-state index in [9.17, 15) is 14.4 Å². The molecule has 0 radical (unpaired) electrons. The molecule has 1 unspecified atom stereocenters. The highest BCUT2D eigenvalue weighted by molar-refractivity contribution is 6.36. The SMILES string of the molecule is COc1nc(N2CCN(C(=O)/C(F)=C/c3ccccn3)C(CC#N)C2)c2ccc(-c3cccc4cccc(Cl)c34)c(F)c2n1. The van der Waals surface area contributed by atoms with Crippen molar-refractivity contribution in [3.8, 4) is 23.2 Å². The zero-order valence-corrected chi connectivity index (χ0v) is 24.3. The number of nitriles is 1. The normalized spacial score (nSPS) is 15.4. The van der Waals surface area contributed by atoms with Crippen molar-refractivity contribution in [3.05, 3.63) is 95.3 Å². The standard InChI is InChI=1S/C33H25ClF2N6O2/c1-44-33-39-30-25(12-11-24(29(30)36)23-9-4-6-20-7-5-10-26(34)28(20)23)31(40-33)41-16-17-42(22(19-41)13-14-37)32(43)27(35)18-21-8-2-3-15-38-21/h2-12,15,18,22H,13,16-17,19H2,1H3/b27-18-. The molecule has 5 aromatic rings. The number of pyridine rings is 1. The van der Waals surface area contributed by atoms with Gasteiger partial charge in [-0.25, -0.2) is 8.78 Å². The van der Waals surface area contributed by atoms with Gasteiger partial charge in [0.05, 0.1) is 31.3 Å². The molecule has 2 aromatic heterocycles. The van der Waals surface area contributed by atoms with Crippen LogP contribution in [0.25, 0.3) is 38.9 Å². The van der Waals surface area contributed by atoms with Gasteiger partial charge in [0.25, 0.3) is 5.91 Å². The average molecular weight is 611 g/mol. The molecule has 0 spiro atoms. The number of fused-ring (bicyclic) bond motifs is 2. The number of piperazine rings is 1. The van der Waals surface area contributed by atoms with Gasteiger partial charge in [-0.1, -0.05) is 54.1 Å². The number of rotatable bonds is 6. The van der Waals surface area contributed by atoms with Crippen molar-refractivity contribution in [2.24, 2.45) is 0 Å². The molecule has 0 saturated carbocycles. The summed E-state index contributed by atoms with van der Waals surface area (Å²) in [7, 11) is 1.39. The minimum atomic E-state index is -0.975. The van der Waals surface area contributed by atoms with Crippen molar-refractivity contribution < 1.29 is 18.3 Å². The predicted octanol–water partition coefficient (Wildman–Crippen LogP) is 6.59. The third kappa shape index (κ3) is 5.38. The molecule has 44 heavy (non-hydrogen) atoms. The fourth-order valence-corrected chi connectivity index (χ4v) is 5.85. The van der Waals surface area contributed by atoms with Crippen LogP contribution in [0.2, 0.25) is 5.02 Å². The lowest BCUT2D eigenvalue weighted by molar-refractivity contribution is -0.131. The quantitative estimate of drug-likeness (QED) is 0.200. The first-order valence-corrected chi connectivity index (χ1v) is 14.2. The number of benzene rings is 3. The molecule has 1 fully saturated rings. The molecule has 8 nitrogen and oxygen atoms in total. The Morgan fingerprint density at radius 2 is 1.91 bits per heavy atom. The van der Waals surface area contributed by atoms with Crippen LogP contribution in [-0.4, -0.2) is 58.5 Å². The molecule has 0 N–H and O–H groups in total. The summed E-state index contributed by atoms with van der Waals surface area (Å²) >= 11 is 6.53. The Labute approximate surface area is 256 Å². The first-order valence-electron chi connectivity index (χ1n) is 13.8. The van der Waals surface area contributed by atoms with Crippen molar-refractivity contribution >= 4 is 51.1 Å². The second-order valence-corrected chi connectivity index (χ2v) is 10.6. The second kappa shape index (κ2) is 12.2. The molecule has 1 saturated heterocycles. The van der Waals surface area contributed by atoms with Crippen LogP contribution in [-0.2, 0) is 4.79 Å². The van der Waals surface area contributed by atoms with E-state index < -0.39 is 23.6 Å². The van der Waals surface area contributed by atoms with Gasteiger partial charge in [0.1, 0.15) is 11.3 Å². The molecule has 3 heterocycles. The number of ether oxygens (including phenoxy) is 1. The highest BCUT2D eigenvalue weighted by atomic mass is 35.5. The van der Waals surface area contributed by atoms with Crippen LogP contribution < -0.4 is 9.64 Å². The van der Waals surface area contributed by atoms with Gasteiger partial charge in [0.15, 0.2) is 11.6 Å². The maximum atomic E-state index is 16.4. The predicted molar refractivity (Wildman–Crippen MR) is 165 cm³/mol. The number of halogens is 3. The van der Waals surface area contributed by atoms with Crippen LogP contribution in [0.3, 0.4) is 0 Å². The first-order chi connectivity index (χ1) is 21.4. The third-order valence-electron chi connectivity index (χ3n) is 7.63. The summed E-state index contributed by atoms with van der Waals surface area (Å²) in [6, 6.07) is 20.9. The number of amides is 1. The number of methoxy groups -OCH3 is 1. The van der Waals surface area contributed by atoms with E-state index in [0.29, 0.717) is 33.0 Å². The Hall–Kier alpha value is -5.14. The Morgan fingerprint density at radius 3 is 2.66 bits per heavy atom. The van der Waals surface area contributed by atoms with Gasteiger partial charge >= 0.3 is 6.01 Å². The van der Waals surface area contributed by atoms with Crippen LogP contribution >= 0.6 is 11.6 Å². The number of nitrogens with zero attached hydrogens (tertiary/aromatic N) is 6. The maximum absolute atomic E-state index is 16.4. The minimum absolute atomic E-state index is 0.0421. The molecule has 3 aromatic carbocycles. The van der Waals surface area contributed by atoms with E-state index in [1.54, 1.807) is 36.4 Å². The molecule has 6 rings (SSSR count). The molecule has 1 atom stereocenters. The highest BCUT2D eigenvalue weighted by Crippen LogP contribution is 2.39. The molecule has 11 heteroatoms. The Kier molecular flexibility index (Phi) is 8.05. The zero-order chi connectivity index (χ0) is 30.8. The van der Waals surface area contributed by atoms with E-state index in [0.717, 1.165) is 16.8 Å². The topological polar surface area (TPSA) is 95.2 Å². The first kappa shape index (κ1) is 29.0. The molecule has 1 aliphatic heterocycles. The monoisotopic (exact) mass is 610 g/mol. The van der Waals surface area contributed by atoms with Crippen LogP contribution in [0, 0.1) is 17.1 Å².